The standard InChI is InChI=1S/C15H17N3O2S/c19-15(17-11-3-9-1-2-18(7-9)8-11)12-5-13-10(6-16-12)4-14(21)20-13/h4-6,9,11,21H,1-3,7-8H2,(H,17,19)/t9-,11+/m0/s1. The fourth-order valence-electron chi connectivity index (χ4n) is 3.47. The fraction of sp³-hybridized carbons (Fsp3) is 0.467. The first-order valence-electron chi connectivity index (χ1n) is 7.29. The predicted octanol–water partition coefficient (Wildman–Crippen LogP) is 1.94. The molecule has 0 radical (unpaired) electrons. The Kier molecular flexibility index (Phi) is 3.15. The maximum Gasteiger partial charge on any atom is 0.270 e. The number of piperidine rings is 1. The molecule has 1 N–H and O–H groups in total. The Bertz CT molecular complexity index is 687. The van der Waals surface area contributed by atoms with Crippen LogP contribution >= 0.6 is 12.6 Å². The lowest BCUT2D eigenvalue weighted by atomic mass is 9.97. The quantitative estimate of drug-likeness (QED) is 0.833. The van der Waals surface area contributed by atoms with Crippen molar-refractivity contribution in [3.63, 3.8) is 0 Å². The van der Waals surface area contributed by atoms with Crippen molar-refractivity contribution in [3.05, 3.63) is 24.0 Å². The van der Waals surface area contributed by atoms with Crippen molar-refractivity contribution in [1.29, 1.82) is 0 Å². The first-order valence-corrected chi connectivity index (χ1v) is 7.74. The van der Waals surface area contributed by atoms with Crippen LogP contribution in [0.5, 0.6) is 0 Å². The van der Waals surface area contributed by atoms with E-state index < -0.39 is 0 Å². The van der Waals surface area contributed by atoms with Gasteiger partial charge in [-0.3, -0.25) is 9.78 Å². The van der Waals surface area contributed by atoms with E-state index in [0.29, 0.717) is 16.4 Å². The molecular weight excluding hydrogens is 286 g/mol. The third-order valence-corrected chi connectivity index (χ3v) is 4.64. The van der Waals surface area contributed by atoms with E-state index in [-0.39, 0.29) is 11.9 Å². The lowest BCUT2D eigenvalue weighted by Crippen LogP contribution is -2.47. The Labute approximate surface area is 128 Å². The van der Waals surface area contributed by atoms with Crippen LogP contribution < -0.4 is 5.32 Å². The average molecular weight is 303 g/mol. The number of hydrogen-bond donors (Lipinski definition) is 2. The molecule has 0 saturated carbocycles. The van der Waals surface area contributed by atoms with E-state index in [1.165, 1.54) is 19.5 Å². The van der Waals surface area contributed by atoms with Crippen LogP contribution in [0.1, 0.15) is 23.3 Å². The molecule has 110 valence electrons. The minimum Gasteiger partial charge on any atom is -0.450 e. The van der Waals surface area contributed by atoms with Crippen molar-refractivity contribution in [1.82, 2.24) is 15.2 Å². The molecule has 4 rings (SSSR count). The minimum atomic E-state index is -0.124. The molecule has 5 nitrogen and oxygen atoms in total. The van der Waals surface area contributed by atoms with Crippen LogP contribution in [0.25, 0.3) is 11.0 Å². The van der Waals surface area contributed by atoms with Crippen LogP contribution in [-0.2, 0) is 0 Å². The summed E-state index contributed by atoms with van der Waals surface area (Å²) in [6.45, 7) is 3.30. The molecule has 0 aliphatic carbocycles. The monoisotopic (exact) mass is 303 g/mol. The molecule has 1 amide bonds. The zero-order valence-electron chi connectivity index (χ0n) is 11.6. The summed E-state index contributed by atoms with van der Waals surface area (Å²) in [5, 5.41) is 4.49. The Hall–Kier alpha value is -1.53. The van der Waals surface area contributed by atoms with Gasteiger partial charge in [0.15, 0.2) is 5.09 Å². The van der Waals surface area contributed by atoms with Crippen LogP contribution in [0.4, 0.5) is 0 Å². The van der Waals surface area contributed by atoms with E-state index in [1.807, 2.05) is 0 Å². The molecule has 3 atom stereocenters. The highest BCUT2D eigenvalue weighted by atomic mass is 32.1. The van der Waals surface area contributed by atoms with Crippen LogP contribution in [-0.4, -0.2) is 41.5 Å². The summed E-state index contributed by atoms with van der Waals surface area (Å²) in [4.78, 5) is 19.0. The number of fused-ring (bicyclic) bond motifs is 3. The smallest absolute Gasteiger partial charge is 0.270 e. The van der Waals surface area contributed by atoms with Gasteiger partial charge < -0.3 is 14.6 Å². The fourth-order valence-corrected chi connectivity index (χ4v) is 3.70. The number of carbonyl (C=O) groups is 1. The van der Waals surface area contributed by atoms with E-state index in [4.69, 9.17) is 4.42 Å². The third-order valence-electron chi connectivity index (χ3n) is 4.42. The van der Waals surface area contributed by atoms with Crippen molar-refractivity contribution in [2.45, 2.75) is 24.0 Å². The van der Waals surface area contributed by atoms with E-state index >= 15 is 0 Å². The average Bonchev–Trinajstić information content (AvgIpc) is 2.99. The molecule has 2 aromatic rings. The minimum absolute atomic E-state index is 0.124. The molecule has 2 aliphatic heterocycles. The molecule has 2 aliphatic rings. The normalized spacial score (nSPS) is 28.0. The second kappa shape index (κ2) is 5.03. The van der Waals surface area contributed by atoms with Crippen molar-refractivity contribution in [2.75, 3.05) is 19.6 Å². The van der Waals surface area contributed by atoms with Crippen LogP contribution in [0, 0.1) is 5.92 Å². The SMILES string of the molecule is O=C(N[C@@H]1C[C@@H]2CCN(C2)C1)c1cc2oc(S)cc2cn1. The number of furan rings is 1. The number of thiol groups is 1. The second-order valence-electron chi connectivity index (χ2n) is 6.01. The van der Waals surface area contributed by atoms with E-state index in [2.05, 4.69) is 27.8 Å². The number of pyridine rings is 1. The third kappa shape index (κ3) is 2.53. The van der Waals surface area contributed by atoms with Gasteiger partial charge in [0.05, 0.1) is 0 Å². The number of nitrogens with one attached hydrogen (secondary N) is 1. The predicted molar refractivity (Wildman–Crippen MR) is 81.7 cm³/mol. The number of aromatic nitrogens is 1. The van der Waals surface area contributed by atoms with Crippen LogP contribution in [0.15, 0.2) is 27.8 Å². The highest BCUT2D eigenvalue weighted by Crippen LogP contribution is 2.27. The van der Waals surface area contributed by atoms with Gasteiger partial charge in [-0.25, -0.2) is 0 Å². The van der Waals surface area contributed by atoms with Gasteiger partial charge in [-0.15, -0.1) is 12.6 Å². The summed E-state index contributed by atoms with van der Waals surface area (Å²) in [6, 6.07) is 3.70. The number of carbonyl (C=O) groups excluding carboxylic acids is 1. The molecule has 2 aromatic heterocycles. The lowest BCUT2D eigenvalue weighted by molar-refractivity contribution is 0.0904. The van der Waals surface area contributed by atoms with E-state index in [0.717, 1.165) is 24.3 Å². The van der Waals surface area contributed by atoms with Crippen molar-refractivity contribution >= 4 is 29.5 Å². The molecule has 0 aromatic carbocycles. The largest absolute Gasteiger partial charge is 0.450 e. The molecule has 21 heavy (non-hydrogen) atoms. The number of amides is 1. The molecule has 1 unspecified atom stereocenters. The summed E-state index contributed by atoms with van der Waals surface area (Å²) in [5.41, 5.74) is 1.05. The number of rotatable bonds is 2. The summed E-state index contributed by atoms with van der Waals surface area (Å²) in [5.74, 6) is 0.609. The topological polar surface area (TPSA) is 58.4 Å². The van der Waals surface area contributed by atoms with Gasteiger partial charge in [0.2, 0.25) is 0 Å². The molecular formula is C15H17N3O2S. The highest BCUT2D eigenvalue weighted by Gasteiger charge is 2.33. The summed E-state index contributed by atoms with van der Waals surface area (Å²) in [6.07, 6.45) is 3.99. The molecule has 4 heterocycles. The van der Waals surface area contributed by atoms with Gasteiger partial charge in [0.1, 0.15) is 11.3 Å². The van der Waals surface area contributed by atoms with Crippen molar-refractivity contribution < 1.29 is 9.21 Å². The number of nitrogens with zero attached hydrogens (tertiary/aromatic N) is 2. The summed E-state index contributed by atoms with van der Waals surface area (Å²) in [7, 11) is 0. The Morgan fingerprint density at radius 2 is 2.33 bits per heavy atom. The highest BCUT2D eigenvalue weighted by molar-refractivity contribution is 7.80. The first-order chi connectivity index (χ1) is 10.2. The molecule has 2 fully saturated rings. The lowest BCUT2D eigenvalue weighted by Gasteiger charge is -2.30. The molecule has 2 saturated heterocycles. The Morgan fingerprint density at radius 1 is 1.43 bits per heavy atom. The molecule has 2 bridgehead atoms. The van der Waals surface area contributed by atoms with E-state index in [1.54, 1.807) is 18.3 Å². The second-order valence-corrected chi connectivity index (χ2v) is 6.45. The zero-order valence-corrected chi connectivity index (χ0v) is 12.5. The van der Waals surface area contributed by atoms with Gasteiger partial charge in [0.25, 0.3) is 5.91 Å². The Balaban J connectivity index is 1.50. The van der Waals surface area contributed by atoms with Crippen molar-refractivity contribution in [3.8, 4) is 0 Å². The Morgan fingerprint density at radius 3 is 3.19 bits per heavy atom. The van der Waals surface area contributed by atoms with Gasteiger partial charge in [-0.2, -0.15) is 0 Å². The van der Waals surface area contributed by atoms with Gasteiger partial charge in [0, 0.05) is 36.8 Å². The molecule has 0 spiro atoms. The first kappa shape index (κ1) is 13.2. The summed E-state index contributed by atoms with van der Waals surface area (Å²) >= 11 is 4.16. The maximum absolute atomic E-state index is 12.3. The van der Waals surface area contributed by atoms with Gasteiger partial charge in [-0.1, -0.05) is 0 Å². The number of hydrogen-bond acceptors (Lipinski definition) is 5. The van der Waals surface area contributed by atoms with Crippen molar-refractivity contribution in [2.24, 2.45) is 5.92 Å². The van der Waals surface area contributed by atoms with Crippen LogP contribution in [0.2, 0.25) is 0 Å². The van der Waals surface area contributed by atoms with Gasteiger partial charge in [-0.05, 0) is 31.4 Å². The zero-order chi connectivity index (χ0) is 14.4. The van der Waals surface area contributed by atoms with E-state index in [9.17, 15) is 4.79 Å². The summed E-state index contributed by atoms with van der Waals surface area (Å²) < 4.78 is 5.43. The van der Waals surface area contributed by atoms with Crippen LogP contribution in [0.3, 0.4) is 0 Å². The molecule has 6 heteroatoms. The maximum atomic E-state index is 12.3. The van der Waals surface area contributed by atoms with Gasteiger partial charge >= 0.3 is 0 Å².